The summed E-state index contributed by atoms with van der Waals surface area (Å²) in [4.78, 5) is 23.3. The van der Waals surface area contributed by atoms with E-state index in [1.54, 1.807) is 6.07 Å². The molecule has 2 aliphatic rings. The second-order valence-electron chi connectivity index (χ2n) is 6.60. The van der Waals surface area contributed by atoms with Crippen molar-refractivity contribution in [3.63, 3.8) is 0 Å². The molecule has 1 saturated carbocycles. The van der Waals surface area contributed by atoms with E-state index in [0.717, 1.165) is 30.9 Å². The van der Waals surface area contributed by atoms with Crippen molar-refractivity contribution in [2.45, 2.75) is 44.6 Å². The van der Waals surface area contributed by atoms with Crippen molar-refractivity contribution in [2.24, 2.45) is 0 Å². The lowest BCUT2D eigenvalue weighted by Gasteiger charge is -2.29. The van der Waals surface area contributed by atoms with Crippen LogP contribution < -0.4 is 10.2 Å². The topological polar surface area (TPSA) is 58.1 Å². The van der Waals surface area contributed by atoms with Crippen molar-refractivity contribution < 1.29 is 4.79 Å². The Labute approximate surface area is 142 Å². The summed E-state index contributed by atoms with van der Waals surface area (Å²) in [6.07, 6.45) is 8.37. The molecular formula is C19H22N4O. The monoisotopic (exact) mass is 322 g/mol. The van der Waals surface area contributed by atoms with Gasteiger partial charge in [-0.05, 0) is 37.3 Å². The predicted octanol–water partition coefficient (Wildman–Crippen LogP) is 3.42. The third-order valence-corrected chi connectivity index (χ3v) is 4.95. The van der Waals surface area contributed by atoms with Crippen LogP contribution in [0.15, 0.2) is 36.7 Å². The molecule has 1 aliphatic heterocycles. The number of para-hydroxylation sites is 1. The molecular weight excluding hydrogens is 300 g/mol. The first-order valence-electron chi connectivity index (χ1n) is 8.79. The number of aryl methyl sites for hydroxylation is 1. The molecule has 0 radical (unpaired) electrons. The van der Waals surface area contributed by atoms with E-state index < -0.39 is 0 Å². The lowest BCUT2D eigenvalue weighted by atomic mass is 10.0. The summed E-state index contributed by atoms with van der Waals surface area (Å²) >= 11 is 0. The molecule has 1 aromatic carbocycles. The van der Waals surface area contributed by atoms with Gasteiger partial charge in [0.05, 0.1) is 0 Å². The van der Waals surface area contributed by atoms with Crippen LogP contribution in [0.1, 0.15) is 48.2 Å². The van der Waals surface area contributed by atoms with E-state index >= 15 is 0 Å². The highest BCUT2D eigenvalue weighted by Gasteiger charge is 2.24. The quantitative estimate of drug-likeness (QED) is 0.940. The predicted molar refractivity (Wildman–Crippen MR) is 94.4 cm³/mol. The van der Waals surface area contributed by atoms with Crippen LogP contribution in [0.3, 0.4) is 0 Å². The SMILES string of the molecule is O=C(c1cc(NC2CCCC2)ncn1)N1CCCc2ccccc21. The number of benzene rings is 1. The molecule has 0 bridgehead atoms. The highest BCUT2D eigenvalue weighted by atomic mass is 16.2. The number of nitrogens with zero attached hydrogens (tertiary/aromatic N) is 3. The number of anilines is 2. The van der Waals surface area contributed by atoms with Crippen molar-refractivity contribution >= 4 is 17.4 Å². The standard InChI is InChI=1S/C19H22N4O/c24-19(23-11-5-7-14-6-1-4-10-17(14)23)16-12-18(21-13-20-16)22-15-8-2-3-9-15/h1,4,6,10,12-13,15H,2-3,5,7-9,11H2,(H,20,21,22). The van der Waals surface area contributed by atoms with Gasteiger partial charge in [0.1, 0.15) is 17.8 Å². The molecule has 0 spiro atoms. The van der Waals surface area contributed by atoms with Gasteiger partial charge >= 0.3 is 0 Å². The Hall–Kier alpha value is -2.43. The number of carbonyl (C=O) groups is 1. The Morgan fingerprint density at radius 1 is 1.12 bits per heavy atom. The number of nitrogens with one attached hydrogen (secondary N) is 1. The van der Waals surface area contributed by atoms with Gasteiger partial charge in [0.2, 0.25) is 0 Å². The fourth-order valence-electron chi connectivity index (χ4n) is 3.72. The Morgan fingerprint density at radius 3 is 2.83 bits per heavy atom. The molecule has 2 aromatic rings. The summed E-state index contributed by atoms with van der Waals surface area (Å²) in [6, 6.07) is 10.4. The van der Waals surface area contributed by atoms with E-state index in [0.29, 0.717) is 11.7 Å². The van der Waals surface area contributed by atoms with Crippen molar-refractivity contribution in [2.75, 3.05) is 16.8 Å². The molecule has 1 fully saturated rings. The number of hydrogen-bond acceptors (Lipinski definition) is 4. The summed E-state index contributed by atoms with van der Waals surface area (Å²) in [6.45, 7) is 0.741. The molecule has 5 nitrogen and oxygen atoms in total. The van der Waals surface area contributed by atoms with Crippen LogP contribution in [0.4, 0.5) is 11.5 Å². The van der Waals surface area contributed by atoms with Crippen LogP contribution in [-0.2, 0) is 6.42 Å². The normalized spacial score (nSPS) is 17.6. The summed E-state index contributed by atoms with van der Waals surface area (Å²) in [5.41, 5.74) is 2.70. The molecule has 2 heterocycles. The molecule has 0 unspecified atom stereocenters. The van der Waals surface area contributed by atoms with Gasteiger partial charge in [0.15, 0.2) is 0 Å². The first kappa shape index (κ1) is 15.1. The van der Waals surface area contributed by atoms with Gasteiger partial charge in [-0.15, -0.1) is 0 Å². The molecule has 1 N–H and O–H groups in total. The van der Waals surface area contributed by atoms with Crippen molar-refractivity contribution in [1.82, 2.24) is 9.97 Å². The van der Waals surface area contributed by atoms with Crippen LogP contribution in [0.2, 0.25) is 0 Å². The van der Waals surface area contributed by atoms with Gasteiger partial charge in [-0.1, -0.05) is 31.0 Å². The second kappa shape index (κ2) is 6.59. The molecule has 24 heavy (non-hydrogen) atoms. The fraction of sp³-hybridized carbons (Fsp3) is 0.421. The molecule has 5 heteroatoms. The molecule has 0 saturated heterocycles. The number of aromatic nitrogens is 2. The smallest absolute Gasteiger partial charge is 0.277 e. The minimum absolute atomic E-state index is 0.0426. The van der Waals surface area contributed by atoms with Crippen molar-refractivity contribution in [1.29, 1.82) is 0 Å². The number of amides is 1. The Bertz CT molecular complexity index is 740. The number of fused-ring (bicyclic) bond motifs is 1. The van der Waals surface area contributed by atoms with E-state index in [-0.39, 0.29) is 5.91 Å². The van der Waals surface area contributed by atoms with Gasteiger partial charge in [-0.2, -0.15) is 0 Å². The van der Waals surface area contributed by atoms with E-state index in [2.05, 4.69) is 21.4 Å². The summed E-state index contributed by atoms with van der Waals surface area (Å²) in [7, 11) is 0. The van der Waals surface area contributed by atoms with Crippen LogP contribution in [-0.4, -0.2) is 28.5 Å². The molecule has 0 atom stereocenters. The second-order valence-corrected chi connectivity index (χ2v) is 6.60. The molecule has 1 aliphatic carbocycles. The highest BCUT2D eigenvalue weighted by Crippen LogP contribution is 2.28. The maximum Gasteiger partial charge on any atom is 0.277 e. The number of rotatable bonds is 3. The molecule has 4 rings (SSSR count). The fourth-order valence-corrected chi connectivity index (χ4v) is 3.72. The Morgan fingerprint density at radius 2 is 1.96 bits per heavy atom. The van der Waals surface area contributed by atoms with Crippen LogP contribution in [0, 0.1) is 0 Å². The average Bonchev–Trinajstić information content (AvgIpc) is 3.14. The first-order valence-corrected chi connectivity index (χ1v) is 8.79. The summed E-state index contributed by atoms with van der Waals surface area (Å²) in [5, 5.41) is 3.44. The van der Waals surface area contributed by atoms with Gasteiger partial charge < -0.3 is 10.2 Å². The summed E-state index contributed by atoms with van der Waals surface area (Å²) < 4.78 is 0. The maximum atomic E-state index is 13.0. The number of hydrogen-bond donors (Lipinski definition) is 1. The molecule has 1 aromatic heterocycles. The zero-order valence-electron chi connectivity index (χ0n) is 13.7. The van der Waals surface area contributed by atoms with E-state index in [1.807, 2.05) is 23.1 Å². The zero-order valence-corrected chi connectivity index (χ0v) is 13.7. The highest BCUT2D eigenvalue weighted by molar-refractivity contribution is 6.05. The lowest BCUT2D eigenvalue weighted by molar-refractivity contribution is 0.0980. The van der Waals surface area contributed by atoms with Crippen LogP contribution in [0.5, 0.6) is 0 Å². The largest absolute Gasteiger partial charge is 0.367 e. The van der Waals surface area contributed by atoms with Gasteiger partial charge in [0, 0.05) is 24.3 Å². The zero-order chi connectivity index (χ0) is 16.4. The van der Waals surface area contributed by atoms with Crippen LogP contribution in [0.25, 0.3) is 0 Å². The van der Waals surface area contributed by atoms with Gasteiger partial charge in [-0.3, -0.25) is 4.79 Å². The molecule has 1 amide bonds. The van der Waals surface area contributed by atoms with E-state index in [9.17, 15) is 4.79 Å². The number of carbonyl (C=O) groups excluding carboxylic acids is 1. The van der Waals surface area contributed by atoms with E-state index in [4.69, 9.17) is 0 Å². The summed E-state index contributed by atoms with van der Waals surface area (Å²) in [5.74, 6) is 0.713. The Balaban J connectivity index is 1.56. The minimum Gasteiger partial charge on any atom is -0.367 e. The average molecular weight is 322 g/mol. The maximum absolute atomic E-state index is 13.0. The van der Waals surface area contributed by atoms with Crippen LogP contribution >= 0.6 is 0 Å². The third kappa shape index (κ3) is 2.98. The lowest BCUT2D eigenvalue weighted by Crippen LogP contribution is -2.36. The van der Waals surface area contributed by atoms with Gasteiger partial charge in [0.25, 0.3) is 5.91 Å². The van der Waals surface area contributed by atoms with E-state index in [1.165, 1.54) is 37.6 Å². The minimum atomic E-state index is -0.0426. The Kier molecular flexibility index (Phi) is 4.15. The third-order valence-electron chi connectivity index (χ3n) is 4.95. The van der Waals surface area contributed by atoms with Crippen molar-refractivity contribution in [3.8, 4) is 0 Å². The van der Waals surface area contributed by atoms with Gasteiger partial charge in [-0.25, -0.2) is 9.97 Å². The first-order chi connectivity index (χ1) is 11.8. The molecule has 124 valence electrons. The van der Waals surface area contributed by atoms with Crippen molar-refractivity contribution in [3.05, 3.63) is 47.9 Å².